The van der Waals surface area contributed by atoms with Gasteiger partial charge in [0.05, 0.1) is 30.0 Å². The van der Waals surface area contributed by atoms with E-state index in [0.29, 0.717) is 43.9 Å². The number of nitrogens with zero attached hydrogens (tertiary/aromatic N) is 4. The highest BCUT2D eigenvalue weighted by Gasteiger charge is 2.38. The number of hydrogen-bond donors (Lipinski definition) is 3. The minimum Gasteiger partial charge on any atom is -0.490 e. The summed E-state index contributed by atoms with van der Waals surface area (Å²) in [6, 6.07) is 6.00. The number of anilines is 2. The topological polar surface area (TPSA) is 98.4 Å². The van der Waals surface area contributed by atoms with Gasteiger partial charge in [0.1, 0.15) is 17.1 Å². The Labute approximate surface area is 219 Å². The molecule has 1 saturated carbocycles. The van der Waals surface area contributed by atoms with Crippen molar-refractivity contribution in [1.29, 1.82) is 0 Å². The largest absolute Gasteiger partial charge is 0.490 e. The molecule has 1 aliphatic heterocycles. The number of aliphatic hydroxyl groups is 1. The average Bonchev–Trinajstić information content (AvgIpc) is 3.48. The lowest BCUT2D eigenvalue weighted by atomic mass is 9.93. The van der Waals surface area contributed by atoms with Gasteiger partial charge in [0.15, 0.2) is 11.9 Å². The number of aryl methyl sites for hydroxylation is 2. The van der Waals surface area contributed by atoms with Crippen molar-refractivity contribution in [2.45, 2.75) is 75.9 Å². The van der Waals surface area contributed by atoms with Crippen LogP contribution >= 0.6 is 0 Å². The molecule has 38 heavy (non-hydrogen) atoms. The second kappa shape index (κ2) is 11.1. The van der Waals surface area contributed by atoms with Crippen LogP contribution in [0.2, 0.25) is 0 Å². The molecule has 1 saturated heterocycles. The van der Waals surface area contributed by atoms with Gasteiger partial charge in [0.2, 0.25) is 0 Å². The number of benzene rings is 1. The Kier molecular flexibility index (Phi) is 7.83. The van der Waals surface area contributed by atoms with Crippen LogP contribution in [0.4, 0.5) is 24.7 Å². The highest BCUT2D eigenvalue weighted by molar-refractivity contribution is 5.92. The van der Waals surface area contributed by atoms with Gasteiger partial charge in [0, 0.05) is 50.6 Å². The SMILES string of the molecule is Cc1nc2c(Nc3ccn(C4CCCOC4)n3)cc(OC3CCC(NC[C@@H](O)C(F)(F)F)CC3)cc2n1C. The number of imidazole rings is 1. The number of aromatic nitrogens is 4. The van der Waals surface area contributed by atoms with Crippen LogP contribution in [0.25, 0.3) is 11.0 Å². The van der Waals surface area contributed by atoms with E-state index in [2.05, 4.69) is 10.6 Å². The third kappa shape index (κ3) is 6.08. The predicted molar refractivity (Wildman–Crippen MR) is 137 cm³/mol. The Balaban J connectivity index is 1.26. The number of ether oxygens (including phenoxy) is 2. The molecule has 3 heterocycles. The first-order valence-electron chi connectivity index (χ1n) is 13.2. The number of alkyl halides is 3. The smallest absolute Gasteiger partial charge is 0.415 e. The summed E-state index contributed by atoms with van der Waals surface area (Å²) in [5.41, 5.74) is 2.55. The highest BCUT2D eigenvalue weighted by Crippen LogP contribution is 2.34. The Morgan fingerprint density at radius 3 is 2.71 bits per heavy atom. The van der Waals surface area contributed by atoms with E-state index in [1.165, 1.54) is 0 Å². The van der Waals surface area contributed by atoms with E-state index in [9.17, 15) is 18.3 Å². The average molecular weight is 537 g/mol. The monoisotopic (exact) mass is 536 g/mol. The van der Waals surface area contributed by atoms with Gasteiger partial charge >= 0.3 is 6.18 Å². The van der Waals surface area contributed by atoms with Crippen LogP contribution in [0.3, 0.4) is 0 Å². The summed E-state index contributed by atoms with van der Waals surface area (Å²) in [6.07, 6.45) is -0.219. The molecule has 3 aromatic rings. The molecule has 2 atom stereocenters. The molecular weight excluding hydrogens is 501 g/mol. The molecule has 208 valence electrons. The predicted octanol–water partition coefficient (Wildman–Crippen LogP) is 4.38. The van der Waals surface area contributed by atoms with Crippen LogP contribution < -0.4 is 15.4 Å². The molecule has 0 amide bonds. The Bertz CT molecular complexity index is 1230. The fraction of sp³-hybridized carbons (Fsp3) is 0.615. The molecule has 0 bridgehead atoms. The van der Waals surface area contributed by atoms with Crippen LogP contribution in [-0.2, 0) is 11.8 Å². The molecule has 1 unspecified atom stereocenters. The molecule has 1 aromatic carbocycles. The van der Waals surface area contributed by atoms with Crippen LogP contribution in [0, 0.1) is 6.92 Å². The third-order valence-electron chi connectivity index (χ3n) is 7.52. The van der Waals surface area contributed by atoms with Gasteiger partial charge in [-0.15, -0.1) is 0 Å². The zero-order valence-corrected chi connectivity index (χ0v) is 21.7. The molecule has 3 N–H and O–H groups in total. The normalized spacial score (nSPS) is 23.5. The Morgan fingerprint density at radius 2 is 2.00 bits per heavy atom. The van der Waals surface area contributed by atoms with Crippen molar-refractivity contribution in [3.63, 3.8) is 0 Å². The minimum atomic E-state index is -4.61. The summed E-state index contributed by atoms with van der Waals surface area (Å²) in [5, 5.41) is 20.2. The molecule has 2 fully saturated rings. The summed E-state index contributed by atoms with van der Waals surface area (Å²) >= 11 is 0. The molecule has 0 spiro atoms. The first kappa shape index (κ1) is 26.8. The summed E-state index contributed by atoms with van der Waals surface area (Å²) in [5.74, 6) is 2.29. The van der Waals surface area contributed by atoms with Gasteiger partial charge in [0.25, 0.3) is 0 Å². The Morgan fingerprint density at radius 1 is 1.21 bits per heavy atom. The van der Waals surface area contributed by atoms with E-state index in [0.717, 1.165) is 42.0 Å². The van der Waals surface area contributed by atoms with Crippen molar-refractivity contribution in [3.8, 4) is 5.75 Å². The van der Waals surface area contributed by atoms with Gasteiger partial charge in [-0.05, 0) is 45.4 Å². The summed E-state index contributed by atoms with van der Waals surface area (Å²) in [7, 11) is 1.96. The standard InChI is InChI=1S/C26H35F3N6O3/c1-16-31-25-21(32-24-9-10-35(33-24)18-4-3-11-37-15-18)12-20(13-22(25)34(16)2)38-19-7-5-17(6-8-19)30-14-23(36)26(27,28)29/h9-10,12-13,17-19,23,30,36H,3-8,11,14-15H2,1-2H3,(H,32,33)/t17?,18?,19?,23-/m1/s1. The number of halogens is 3. The fourth-order valence-electron chi connectivity index (χ4n) is 5.19. The lowest BCUT2D eigenvalue weighted by Crippen LogP contribution is -2.44. The maximum atomic E-state index is 12.6. The van der Waals surface area contributed by atoms with E-state index in [1.807, 2.05) is 47.6 Å². The second-order valence-electron chi connectivity index (χ2n) is 10.3. The lowest BCUT2D eigenvalue weighted by Gasteiger charge is -2.30. The summed E-state index contributed by atoms with van der Waals surface area (Å²) in [4.78, 5) is 4.74. The maximum absolute atomic E-state index is 12.6. The van der Waals surface area contributed by atoms with Crippen molar-refractivity contribution in [2.75, 3.05) is 25.1 Å². The number of aliphatic hydroxyl groups excluding tert-OH is 1. The first-order chi connectivity index (χ1) is 18.2. The van der Waals surface area contributed by atoms with E-state index in [-0.39, 0.29) is 18.2 Å². The first-order valence-corrected chi connectivity index (χ1v) is 13.2. The van der Waals surface area contributed by atoms with Crippen LogP contribution in [0.1, 0.15) is 50.4 Å². The van der Waals surface area contributed by atoms with Gasteiger partial charge in [-0.25, -0.2) is 4.98 Å². The van der Waals surface area contributed by atoms with E-state index in [4.69, 9.17) is 19.6 Å². The fourth-order valence-corrected chi connectivity index (χ4v) is 5.19. The van der Waals surface area contributed by atoms with Crippen molar-refractivity contribution < 1.29 is 27.8 Å². The minimum absolute atomic E-state index is 0.0503. The number of hydrogen-bond acceptors (Lipinski definition) is 7. The van der Waals surface area contributed by atoms with Crippen molar-refractivity contribution in [2.24, 2.45) is 7.05 Å². The van der Waals surface area contributed by atoms with Crippen molar-refractivity contribution in [1.82, 2.24) is 24.6 Å². The number of nitrogens with one attached hydrogen (secondary N) is 2. The zero-order valence-electron chi connectivity index (χ0n) is 21.7. The molecular formula is C26H35F3N6O3. The zero-order chi connectivity index (χ0) is 26.9. The molecule has 0 radical (unpaired) electrons. The van der Waals surface area contributed by atoms with E-state index >= 15 is 0 Å². The quantitative estimate of drug-likeness (QED) is 0.393. The molecule has 5 rings (SSSR count). The molecule has 9 nitrogen and oxygen atoms in total. The van der Waals surface area contributed by atoms with Gasteiger partial charge in [-0.3, -0.25) is 4.68 Å². The lowest BCUT2D eigenvalue weighted by molar-refractivity contribution is -0.202. The third-order valence-corrected chi connectivity index (χ3v) is 7.52. The van der Waals surface area contributed by atoms with Gasteiger partial charge < -0.3 is 29.8 Å². The molecule has 12 heteroatoms. The van der Waals surface area contributed by atoms with Gasteiger partial charge in [-0.1, -0.05) is 0 Å². The van der Waals surface area contributed by atoms with Crippen LogP contribution in [0.5, 0.6) is 5.75 Å². The Hall–Kier alpha value is -2.83. The van der Waals surface area contributed by atoms with E-state index < -0.39 is 18.8 Å². The summed E-state index contributed by atoms with van der Waals surface area (Å²) < 4.78 is 53.6. The van der Waals surface area contributed by atoms with E-state index in [1.54, 1.807) is 0 Å². The van der Waals surface area contributed by atoms with Crippen LogP contribution in [-0.4, -0.2) is 68.6 Å². The maximum Gasteiger partial charge on any atom is 0.415 e. The molecule has 1 aliphatic carbocycles. The van der Waals surface area contributed by atoms with Crippen molar-refractivity contribution >= 4 is 22.5 Å². The highest BCUT2D eigenvalue weighted by atomic mass is 19.4. The van der Waals surface area contributed by atoms with Crippen LogP contribution in [0.15, 0.2) is 24.4 Å². The number of fused-ring (bicyclic) bond motifs is 1. The van der Waals surface area contributed by atoms with Gasteiger partial charge in [-0.2, -0.15) is 18.3 Å². The number of rotatable bonds is 8. The van der Waals surface area contributed by atoms with Crippen molar-refractivity contribution in [3.05, 3.63) is 30.2 Å². The molecule has 2 aromatic heterocycles. The second-order valence-corrected chi connectivity index (χ2v) is 10.3. The molecule has 2 aliphatic rings. The summed E-state index contributed by atoms with van der Waals surface area (Å²) in [6.45, 7) is 2.92.